The first-order valence-electron chi connectivity index (χ1n) is 4.06. The Balaban J connectivity index is 3.27. The zero-order valence-electron chi connectivity index (χ0n) is 7.49. The fourth-order valence-electron chi connectivity index (χ4n) is 1.18. The standard InChI is InChI=1S/C10H9N3O/c11-5-8-3-7(1-2-14)10(13)4-9(8)6-12/h3-4,14H,1-2,13H2. The SMILES string of the molecule is N#Cc1cc(N)c(CCO)cc1C#N. The number of nitrogens with two attached hydrogens (primary N) is 1. The minimum Gasteiger partial charge on any atom is -0.398 e. The van der Waals surface area contributed by atoms with E-state index < -0.39 is 0 Å². The largest absolute Gasteiger partial charge is 0.398 e. The van der Waals surface area contributed by atoms with Crippen LogP contribution in [0.4, 0.5) is 5.69 Å². The van der Waals surface area contributed by atoms with Gasteiger partial charge in [0.2, 0.25) is 0 Å². The zero-order valence-corrected chi connectivity index (χ0v) is 7.49. The molecule has 0 atom stereocenters. The third-order valence-electron chi connectivity index (χ3n) is 1.90. The van der Waals surface area contributed by atoms with Crippen LogP contribution < -0.4 is 5.73 Å². The van der Waals surface area contributed by atoms with Crippen LogP contribution in [0.2, 0.25) is 0 Å². The first-order chi connectivity index (χ1) is 6.72. The Labute approximate surface area is 81.8 Å². The van der Waals surface area contributed by atoms with Crippen LogP contribution in [0.25, 0.3) is 0 Å². The van der Waals surface area contributed by atoms with E-state index in [4.69, 9.17) is 21.4 Å². The Hall–Kier alpha value is -2.04. The molecule has 0 fully saturated rings. The topological polar surface area (TPSA) is 93.8 Å². The van der Waals surface area contributed by atoms with Crippen molar-refractivity contribution in [2.75, 3.05) is 12.3 Å². The van der Waals surface area contributed by atoms with E-state index in [1.807, 2.05) is 12.1 Å². The molecule has 0 saturated carbocycles. The molecular weight excluding hydrogens is 178 g/mol. The van der Waals surface area contributed by atoms with E-state index in [0.717, 1.165) is 0 Å². The summed E-state index contributed by atoms with van der Waals surface area (Å²) in [5.74, 6) is 0. The highest BCUT2D eigenvalue weighted by Crippen LogP contribution is 2.18. The van der Waals surface area contributed by atoms with Gasteiger partial charge in [-0.3, -0.25) is 0 Å². The van der Waals surface area contributed by atoms with Gasteiger partial charge in [0.15, 0.2) is 0 Å². The molecule has 0 bridgehead atoms. The van der Waals surface area contributed by atoms with Gasteiger partial charge in [0.25, 0.3) is 0 Å². The van der Waals surface area contributed by atoms with E-state index in [1.165, 1.54) is 6.07 Å². The number of hydrogen-bond donors (Lipinski definition) is 2. The number of nitrogen functional groups attached to an aromatic ring is 1. The number of rotatable bonds is 2. The van der Waals surface area contributed by atoms with Gasteiger partial charge in [0.05, 0.1) is 11.1 Å². The van der Waals surface area contributed by atoms with Gasteiger partial charge in [-0.2, -0.15) is 10.5 Å². The van der Waals surface area contributed by atoms with Crippen LogP contribution in [0.3, 0.4) is 0 Å². The Morgan fingerprint density at radius 2 is 1.79 bits per heavy atom. The average Bonchev–Trinajstić information content (AvgIpc) is 2.20. The number of anilines is 1. The predicted octanol–water partition coefficient (Wildman–Crippen LogP) is 0.547. The van der Waals surface area contributed by atoms with Crippen molar-refractivity contribution in [2.45, 2.75) is 6.42 Å². The highest BCUT2D eigenvalue weighted by atomic mass is 16.2. The van der Waals surface area contributed by atoms with Crippen molar-refractivity contribution in [3.05, 3.63) is 28.8 Å². The van der Waals surface area contributed by atoms with Gasteiger partial charge >= 0.3 is 0 Å². The summed E-state index contributed by atoms with van der Waals surface area (Å²) in [7, 11) is 0. The molecule has 0 saturated heterocycles. The van der Waals surface area contributed by atoms with Crippen LogP contribution in [0.15, 0.2) is 12.1 Å². The summed E-state index contributed by atoms with van der Waals surface area (Å²) in [6.07, 6.45) is 0.395. The molecule has 4 nitrogen and oxygen atoms in total. The molecule has 0 aliphatic carbocycles. The number of aliphatic hydroxyl groups is 1. The van der Waals surface area contributed by atoms with Crippen molar-refractivity contribution in [3.8, 4) is 12.1 Å². The molecule has 1 aromatic rings. The van der Waals surface area contributed by atoms with Gasteiger partial charge in [0.1, 0.15) is 12.1 Å². The Morgan fingerprint density at radius 3 is 2.29 bits per heavy atom. The third kappa shape index (κ3) is 1.82. The Morgan fingerprint density at radius 1 is 1.21 bits per heavy atom. The van der Waals surface area contributed by atoms with E-state index in [2.05, 4.69) is 0 Å². The fourth-order valence-corrected chi connectivity index (χ4v) is 1.18. The minimum absolute atomic E-state index is 0.0268. The summed E-state index contributed by atoms with van der Waals surface area (Å²) >= 11 is 0. The van der Waals surface area contributed by atoms with Crippen molar-refractivity contribution in [1.82, 2.24) is 0 Å². The Kier molecular flexibility index (Phi) is 3.06. The van der Waals surface area contributed by atoms with Crippen LogP contribution in [0, 0.1) is 22.7 Å². The van der Waals surface area contributed by atoms with Gasteiger partial charge in [-0.05, 0) is 24.1 Å². The average molecular weight is 187 g/mol. The molecule has 0 unspecified atom stereocenters. The molecule has 0 amide bonds. The van der Waals surface area contributed by atoms with Crippen LogP contribution >= 0.6 is 0 Å². The summed E-state index contributed by atoms with van der Waals surface area (Å²) in [4.78, 5) is 0. The molecule has 70 valence electrons. The monoisotopic (exact) mass is 187 g/mol. The second-order valence-corrected chi connectivity index (χ2v) is 2.79. The third-order valence-corrected chi connectivity index (χ3v) is 1.90. The highest BCUT2D eigenvalue weighted by Gasteiger charge is 2.06. The highest BCUT2D eigenvalue weighted by molar-refractivity contribution is 5.59. The van der Waals surface area contributed by atoms with E-state index in [1.54, 1.807) is 6.07 Å². The van der Waals surface area contributed by atoms with Crippen LogP contribution in [0.5, 0.6) is 0 Å². The molecule has 14 heavy (non-hydrogen) atoms. The van der Waals surface area contributed by atoms with Crippen molar-refractivity contribution in [3.63, 3.8) is 0 Å². The normalized spacial score (nSPS) is 9.07. The van der Waals surface area contributed by atoms with Gasteiger partial charge in [0, 0.05) is 12.3 Å². The van der Waals surface area contributed by atoms with E-state index in [9.17, 15) is 0 Å². The van der Waals surface area contributed by atoms with Gasteiger partial charge in [-0.1, -0.05) is 0 Å². The van der Waals surface area contributed by atoms with Crippen LogP contribution in [-0.4, -0.2) is 11.7 Å². The summed E-state index contributed by atoms with van der Waals surface area (Å²) in [6.45, 7) is -0.0268. The smallest absolute Gasteiger partial charge is 0.101 e. The lowest BCUT2D eigenvalue weighted by Gasteiger charge is -2.05. The second kappa shape index (κ2) is 4.27. The number of hydrogen-bond acceptors (Lipinski definition) is 4. The lowest BCUT2D eigenvalue weighted by molar-refractivity contribution is 0.300. The molecule has 0 radical (unpaired) electrons. The van der Waals surface area contributed by atoms with Gasteiger partial charge in [-0.15, -0.1) is 0 Å². The second-order valence-electron chi connectivity index (χ2n) is 2.79. The number of nitriles is 2. The maximum atomic E-state index is 8.73. The maximum absolute atomic E-state index is 8.73. The van der Waals surface area contributed by atoms with E-state index in [-0.39, 0.29) is 12.2 Å². The maximum Gasteiger partial charge on any atom is 0.101 e. The molecule has 4 heteroatoms. The number of nitrogens with zero attached hydrogens (tertiary/aromatic N) is 2. The fraction of sp³-hybridized carbons (Fsp3) is 0.200. The molecule has 1 rings (SSSR count). The molecule has 0 heterocycles. The Bertz CT molecular complexity index is 426. The molecule has 0 spiro atoms. The van der Waals surface area contributed by atoms with E-state index >= 15 is 0 Å². The first kappa shape index (κ1) is 10.0. The molecule has 0 aromatic heterocycles. The molecule has 0 aliphatic rings. The molecule has 3 N–H and O–H groups in total. The number of aliphatic hydroxyl groups excluding tert-OH is 1. The molecule has 0 aliphatic heterocycles. The molecule has 1 aromatic carbocycles. The van der Waals surface area contributed by atoms with Gasteiger partial charge < -0.3 is 10.8 Å². The van der Waals surface area contributed by atoms with Crippen molar-refractivity contribution >= 4 is 5.69 Å². The van der Waals surface area contributed by atoms with E-state index in [0.29, 0.717) is 23.2 Å². The van der Waals surface area contributed by atoms with Gasteiger partial charge in [-0.25, -0.2) is 0 Å². The summed E-state index contributed by atoms with van der Waals surface area (Å²) < 4.78 is 0. The first-order valence-corrected chi connectivity index (χ1v) is 4.06. The number of benzene rings is 1. The predicted molar refractivity (Wildman–Crippen MR) is 51.1 cm³/mol. The summed E-state index contributed by atoms with van der Waals surface area (Å²) in [6, 6.07) is 6.81. The lowest BCUT2D eigenvalue weighted by atomic mass is 10.0. The molecular formula is C10H9N3O. The summed E-state index contributed by atoms with van der Waals surface area (Å²) in [5.41, 5.74) is 7.34. The quantitative estimate of drug-likeness (QED) is 0.661. The van der Waals surface area contributed by atoms with Crippen molar-refractivity contribution in [1.29, 1.82) is 10.5 Å². The van der Waals surface area contributed by atoms with Crippen molar-refractivity contribution in [2.24, 2.45) is 0 Å². The van der Waals surface area contributed by atoms with Crippen LogP contribution in [0.1, 0.15) is 16.7 Å². The van der Waals surface area contributed by atoms with Crippen molar-refractivity contribution < 1.29 is 5.11 Å². The minimum atomic E-state index is -0.0268. The lowest BCUT2D eigenvalue weighted by Crippen LogP contribution is -2.00. The zero-order chi connectivity index (χ0) is 10.6. The van der Waals surface area contributed by atoms with Crippen LogP contribution in [-0.2, 0) is 6.42 Å². The summed E-state index contributed by atoms with van der Waals surface area (Å²) in [5, 5.41) is 26.1.